The van der Waals surface area contributed by atoms with Gasteiger partial charge in [-0.15, -0.1) is 0 Å². The zero-order valence-corrected chi connectivity index (χ0v) is 60.1. The summed E-state index contributed by atoms with van der Waals surface area (Å²) >= 11 is 0. The molecule has 534 valence electrons. The predicted octanol–water partition coefficient (Wildman–Crippen LogP) is 20.5. The number of rotatable bonds is 71. The Labute approximate surface area is 549 Å². The first-order valence-corrected chi connectivity index (χ1v) is 40.1. The molecule has 0 fully saturated rings. The van der Waals surface area contributed by atoms with Gasteiger partial charge in [-0.3, -0.25) is 37.3 Å². The van der Waals surface area contributed by atoms with E-state index >= 15 is 0 Å². The molecule has 19 heteroatoms. The fraction of sp³-hybridized carbons (Fsp3) is 0.944. The number of phosphoric acid groups is 2. The number of carbonyl (C=O) groups excluding carboxylic acids is 4. The van der Waals surface area contributed by atoms with Crippen molar-refractivity contribution in [3.8, 4) is 0 Å². The van der Waals surface area contributed by atoms with E-state index in [1.807, 2.05) is 0 Å². The Bertz CT molecular complexity index is 1740. The smallest absolute Gasteiger partial charge is 0.462 e. The maximum atomic E-state index is 13.0. The van der Waals surface area contributed by atoms with Crippen molar-refractivity contribution in [1.82, 2.24) is 0 Å². The van der Waals surface area contributed by atoms with Crippen LogP contribution >= 0.6 is 15.6 Å². The highest BCUT2D eigenvalue weighted by molar-refractivity contribution is 7.47. The zero-order chi connectivity index (χ0) is 66.3. The van der Waals surface area contributed by atoms with Crippen molar-refractivity contribution in [2.75, 3.05) is 39.6 Å². The lowest BCUT2D eigenvalue weighted by molar-refractivity contribution is -0.161. The number of phosphoric ester groups is 2. The standard InChI is InChI=1S/C71H138O17P2/c1-6-9-12-15-17-19-21-23-24-25-26-27-28-29-30-31-32-34-36-41-46-51-56-70(75)88-67(61-82-69(74)55-50-45-40-35-33-22-20-18-16-13-10-7-2)63-86-90(79,80)84-59-65(72)58-83-89(77,78)85-62-66(60-81-68(73)54-49-43-14-11-8-3)87-71(76)57-52-47-42-38-37-39-44-48-53-64(4)5/h64-67,72H,6-63H2,1-5H3,(H,77,78)(H,79,80)/t65-,66+,67+/m0/s1. The molecule has 0 aliphatic carbocycles. The van der Waals surface area contributed by atoms with Crippen LogP contribution in [0.4, 0.5) is 0 Å². The van der Waals surface area contributed by atoms with Crippen molar-refractivity contribution >= 4 is 39.5 Å². The van der Waals surface area contributed by atoms with Crippen LogP contribution in [0.3, 0.4) is 0 Å². The fourth-order valence-corrected chi connectivity index (χ4v) is 12.4. The SMILES string of the molecule is CCCCCCCCCCCCCCCCCCCCCCCCC(=O)O[C@H](COC(=O)CCCCCCCCCCCCCC)COP(=O)(O)OC[C@@H](O)COP(=O)(O)OC[C@@H](COC(=O)CCCCCCC)OC(=O)CCCCCCCCCCC(C)C. The number of hydrogen-bond acceptors (Lipinski definition) is 15. The molecule has 0 saturated carbocycles. The number of aliphatic hydroxyl groups excluding tert-OH is 1. The van der Waals surface area contributed by atoms with Crippen LogP contribution in [0.2, 0.25) is 0 Å². The van der Waals surface area contributed by atoms with E-state index in [2.05, 4.69) is 34.6 Å². The minimum Gasteiger partial charge on any atom is -0.462 e. The quantitative estimate of drug-likeness (QED) is 0.0222. The molecule has 3 N–H and O–H groups in total. The highest BCUT2D eigenvalue weighted by atomic mass is 31.2. The lowest BCUT2D eigenvalue weighted by Crippen LogP contribution is -2.30. The molecule has 0 aromatic heterocycles. The van der Waals surface area contributed by atoms with Crippen LogP contribution in [0.5, 0.6) is 0 Å². The van der Waals surface area contributed by atoms with Crippen molar-refractivity contribution in [3.63, 3.8) is 0 Å². The van der Waals surface area contributed by atoms with E-state index in [1.165, 1.54) is 186 Å². The third kappa shape index (κ3) is 64.8. The number of esters is 4. The van der Waals surface area contributed by atoms with Gasteiger partial charge < -0.3 is 33.8 Å². The van der Waals surface area contributed by atoms with E-state index in [0.29, 0.717) is 25.7 Å². The Hall–Kier alpha value is -1.94. The van der Waals surface area contributed by atoms with E-state index < -0.39 is 97.5 Å². The number of unbranched alkanes of at least 4 members (excludes halogenated alkanes) is 43. The molecule has 0 saturated heterocycles. The summed E-state index contributed by atoms with van der Waals surface area (Å²) in [6.45, 7) is 7.11. The Morgan fingerprint density at radius 3 is 0.756 bits per heavy atom. The van der Waals surface area contributed by atoms with Crippen LogP contribution in [0.15, 0.2) is 0 Å². The lowest BCUT2D eigenvalue weighted by Gasteiger charge is -2.21. The maximum Gasteiger partial charge on any atom is 0.472 e. The maximum absolute atomic E-state index is 13.0. The Morgan fingerprint density at radius 1 is 0.300 bits per heavy atom. The highest BCUT2D eigenvalue weighted by Gasteiger charge is 2.30. The molecule has 0 rings (SSSR count). The molecular weight excluding hydrogens is 1190 g/mol. The Kier molecular flexibility index (Phi) is 63.0. The van der Waals surface area contributed by atoms with Crippen LogP contribution in [0.25, 0.3) is 0 Å². The number of aliphatic hydroxyl groups is 1. The summed E-state index contributed by atoms with van der Waals surface area (Å²) in [5.74, 6) is -1.42. The van der Waals surface area contributed by atoms with Crippen LogP contribution in [-0.4, -0.2) is 96.7 Å². The van der Waals surface area contributed by atoms with Gasteiger partial charge >= 0.3 is 39.5 Å². The van der Waals surface area contributed by atoms with Gasteiger partial charge in [0.15, 0.2) is 12.2 Å². The first-order chi connectivity index (χ1) is 43.5. The average molecular weight is 1330 g/mol. The largest absolute Gasteiger partial charge is 0.472 e. The molecule has 17 nitrogen and oxygen atoms in total. The van der Waals surface area contributed by atoms with E-state index in [4.69, 9.17) is 37.0 Å². The second-order valence-electron chi connectivity index (χ2n) is 26.1. The van der Waals surface area contributed by atoms with Gasteiger partial charge in [-0.05, 0) is 31.6 Å². The molecule has 0 amide bonds. The minimum absolute atomic E-state index is 0.104. The van der Waals surface area contributed by atoms with Crippen molar-refractivity contribution < 1.29 is 80.2 Å². The molecular formula is C71H138O17P2. The van der Waals surface area contributed by atoms with E-state index in [0.717, 1.165) is 102 Å². The van der Waals surface area contributed by atoms with Gasteiger partial charge in [0.1, 0.15) is 19.3 Å². The van der Waals surface area contributed by atoms with Gasteiger partial charge in [-0.2, -0.15) is 0 Å². The van der Waals surface area contributed by atoms with Gasteiger partial charge in [-0.25, -0.2) is 9.13 Å². The second kappa shape index (κ2) is 64.4. The number of hydrogen-bond donors (Lipinski definition) is 3. The van der Waals surface area contributed by atoms with Gasteiger partial charge in [0.05, 0.1) is 26.4 Å². The fourth-order valence-electron chi connectivity index (χ4n) is 10.8. The van der Waals surface area contributed by atoms with Gasteiger partial charge in [0.25, 0.3) is 0 Å². The van der Waals surface area contributed by atoms with Crippen molar-refractivity contribution in [1.29, 1.82) is 0 Å². The number of carbonyl (C=O) groups is 4. The molecule has 0 aromatic rings. The van der Waals surface area contributed by atoms with E-state index in [1.54, 1.807) is 0 Å². The molecule has 0 aliphatic heterocycles. The summed E-state index contributed by atoms with van der Waals surface area (Å²) in [5.41, 5.74) is 0. The zero-order valence-electron chi connectivity index (χ0n) is 58.3. The van der Waals surface area contributed by atoms with Gasteiger partial charge in [-0.1, -0.05) is 317 Å². The summed E-state index contributed by atoms with van der Waals surface area (Å²) in [7, 11) is -9.89. The average Bonchev–Trinajstić information content (AvgIpc) is 3.68. The monoisotopic (exact) mass is 1320 g/mol. The molecule has 2 unspecified atom stereocenters. The lowest BCUT2D eigenvalue weighted by atomic mass is 10.0. The van der Waals surface area contributed by atoms with E-state index in [-0.39, 0.29) is 25.7 Å². The van der Waals surface area contributed by atoms with E-state index in [9.17, 15) is 43.2 Å². The molecule has 0 aliphatic rings. The van der Waals surface area contributed by atoms with Crippen LogP contribution in [0.1, 0.15) is 369 Å². The molecule has 0 spiro atoms. The Morgan fingerprint density at radius 2 is 0.511 bits per heavy atom. The van der Waals surface area contributed by atoms with Crippen molar-refractivity contribution in [2.24, 2.45) is 5.92 Å². The first kappa shape index (κ1) is 88.1. The predicted molar refractivity (Wildman–Crippen MR) is 363 cm³/mol. The second-order valence-corrected chi connectivity index (χ2v) is 29.0. The minimum atomic E-state index is -4.95. The van der Waals surface area contributed by atoms with Crippen LogP contribution < -0.4 is 0 Å². The van der Waals surface area contributed by atoms with Crippen molar-refractivity contribution in [3.05, 3.63) is 0 Å². The van der Waals surface area contributed by atoms with Gasteiger partial charge in [0, 0.05) is 25.7 Å². The van der Waals surface area contributed by atoms with Crippen molar-refractivity contribution in [2.45, 2.75) is 387 Å². The molecule has 0 radical (unpaired) electrons. The van der Waals surface area contributed by atoms with Gasteiger partial charge in [0.2, 0.25) is 0 Å². The summed E-state index contributed by atoms with van der Waals surface area (Å²) in [6.07, 6.45) is 52.0. The topological polar surface area (TPSA) is 237 Å². The summed E-state index contributed by atoms with van der Waals surface area (Å²) in [4.78, 5) is 72.2. The molecule has 0 aromatic carbocycles. The summed E-state index contributed by atoms with van der Waals surface area (Å²) in [5, 5.41) is 10.6. The van der Waals surface area contributed by atoms with Crippen LogP contribution in [0, 0.1) is 5.92 Å². The summed E-state index contributed by atoms with van der Waals surface area (Å²) in [6, 6.07) is 0. The van der Waals surface area contributed by atoms with Crippen LogP contribution in [-0.2, 0) is 65.4 Å². The molecule has 90 heavy (non-hydrogen) atoms. The Balaban J connectivity index is 5.08. The normalized spacial score (nSPS) is 14.1. The number of ether oxygens (including phenoxy) is 4. The highest BCUT2D eigenvalue weighted by Crippen LogP contribution is 2.45. The molecule has 5 atom stereocenters. The molecule has 0 bridgehead atoms. The third-order valence-electron chi connectivity index (χ3n) is 16.5. The molecule has 0 heterocycles. The third-order valence-corrected chi connectivity index (χ3v) is 18.4. The first-order valence-electron chi connectivity index (χ1n) is 37.1. The summed E-state index contributed by atoms with van der Waals surface area (Å²) < 4.78 is 68.0.